The lowest BCUT2D eigenvalue weighted by atomic mass is 10.0. The van der Waals surface area contributed by atoms with E-state index in [-0.39, 0.29) is 11.7 Å². The van der Waals surface area contributed by atoms with Crippen molar-refractivity contribution in [3.8, 4) is 16.9 Å². The van der Waals surface area contributed by atoms with Gasteiger partial charge in [0.05, 0.1) is 0 Å². The van der Waals surface area contributed by atoms with E-state index in [9.17, 15) is 13.6 Å². The highest BCUT2D eigenvalue weighted by molar-refractivity contribution is 5.87. The molecule has 0 aliphatic carbocycles. The van der Waals surface area contributed by atoms with Crippen LogP contribution in [0.1, 0.15) is 25.1 Å². The first-order valence-electron chi connectivity index (χ1n) is 8.87. The molecule has 2 heterocycles. The molecule has 0 spiro atoms. The minimum atomic E-state index is -3.24. The van der Waals surface area contributed by atoms with Crippen molar-refractivity contribution >= 4 is 11.6 Å². The van der Waals surface area contributed by atoms with Crippen LogP contribution in [0.4, 0.5) is 8.78 Å². The first kappa shape index (κ1) is 19.5. The van der Waals surface area contributed by atoms with E-state index in [1.807, 2.05) is 23.6 Å². The summed E-state index contributed by atoms with van der Waals surface area (Å²) in [4.78, 5) is 16.0. The van der Waals surface area contributed by atoms with Crippen LogP contribution in [0.2, 0.25) is 0 Å². The Kier molecular flexibility index (Phi) is 5.44. The molecule has 1 amide bonds. The summed E-state index contributed by atoms with van der Waals surface area (Å²) in [5, 5.41) is 2.80. The van der Waals surface area contributed by atoms with E-state index in [2.05, 4.69) is 21.6 Å². The number of nitrogens with one attached hydrogen (secondary N) is 1. The van der Waals surface area contributed by atoms with Gasteiger partial charge in [0.25, 0.3) is 0 Å². The Morgan fingerprint density at radius 1 is 1.36 bits per heavy atom. The van der Waals surface area contributed by atoms with Gasteiger partial charge in [-0.3, -0.25) is 4.79 Å². The van der Waals surface area contributed by atoms with Gasteiger partial charge in [-0.15, -0.1) is 0 Å². The lowest BCUT2D eigenvalue weighted by Gasteiger charge is -2.16. The number of aryl methyl sites for hydroxylation is 1. The molecule has 0 unspecified atom stereocenters. The van der Waals surface area contributed by atoms with Crippen LogP contribution in [0.5, 0.6) is 5.75 Å². The topological polar surface area (TPSA) is 55.6 Å². The summed E-state index contributed by atoms with van der Waals surface area (Å²) >= 11 is 0. The Bertz CT molecular complexity index is 1000. The van der Waals surface area contributed by atoms with E-state index in [0.717, 1.165) is 34.5 Å². The first-order valence-corrected chi connectivity index (χ1v) is 8.87. The molecule has 146 valence electrons. The van der Waals surface area contributed by atoms with E-state index >= 15 is 0 Å². The van der Waals surface area contributed by atoms with E-state index < -0.39 is 6.11 Å². The average Bonchev–Trinajstić information content (AvgIpc) is 3.14. The monoisotopic (exact) mass is 385 g/mol. The Morgan fingerprint density at radius 2 is 2.07 bits per heavy atom. The van der Waals surface area contributed by atoms with Gasteiger partial charge in [0.15, 0.2) is 0 Å². The second-order valence-electron chi connectivity index (χ2n) is 6.36. The zero-order valence-corrected chi connectivity index (χ0v) is 15.7. The third-order valence-corrected chi connectivity index (χ3v) is 4.30. The Balaban J connectivity index is 2.04. The predicted molar refractivity (Wildman–Crippen MR) is 103 cm³/mol. The van der Waals surface area contributed by atoms with Crippen LogP contribution in [0, 0.1) is 0 Å². The number of carbonyl (C=O) groups is 1. The number of pyridine rings is 1. The molecule has 28 heavy (non-hydrogen) atoms. The van der Waals surface area contributed by atoms with Gasteiger partial charge in [-0.1, -0.05) is 25.6 Å². The van der Waals surface area contributed by atoms with E-state index in [1.165, 1.54) is 18.2 Å². The molecule has 0 aliphatic heterocycles. The number of ether oxygens (including phenoxy) is 1. The van der Waals surface area contributed by atoms with Crippen molar-refractivity contribution in [1.29, 1.82) is 0 Å². The Morgan fingerprint density at radius 3 is 2.68 bits per heavy atom. The molecule has 0 atom stereocenters. The molecule has 0 radical (unpaired) electrons. The fourth-order valence-electron chi connectivity index (χ4n) is 3.12. The summed E-state index contributed by atoms with van der Waals surface area (Å²) < 4.78 is 32.6. The van der Waals surface area contributed by atoms with Crippen molar-refractivity contribution in [2.45, 2.75) is 32.9 Å². The molecule has 7 heteroatoms. The first-order chi connectivity index (χ1) is 13.3. The lowest BCUT2D eigenvalue weighted by molar-refractivity contribution is -0.158. The van der Waals surface area contributed by atoms with Gasteiger partial charge < -0.3 is 14.5 Å². The normalized spacial score (nSPS) is 11.4. The molecule has 0 bridgehead atoms. The molecule has 3 rings (SSSR count). The number of alkyl halides is 2. The molecule has 1 N–H and O–H groups in total. The van der Waals surface area contributed by atoms with Crippen LogP contribution in [-0.2, 0) is 17.8 Å². The number of hydrogen-bond acceptors (Lipinski definition) is 3. The largest absolute Gasteiger partial charge is 0.433 e. The number of fused-ring (bicyclic) bond motifs is 1. The number of amides is 1. The maximum Gasteiger partial charge on any atom is 0.394 e. The third kappa shape index (κ3) is 4.19. The molecule has 1 aromatic carbocycles. The second kappa shape index (κ2) is 7.80. The summed E-state index contributed by atoms with van der Waals surface area (Å²) in [5.74, 6) is -0.171. The van der Waals surface area contributed by atoms with E-state index in [1.54, 1.807) is 18.3 Å². The molecule has 0 fully saturated rings. The number of imidazole rings is 1. The summed E-state index contributed by atoms with van der Waals surface area (Å²) in [5.41, 5.74) is 4.37. The number of aromatic nitrogens is 2. The van der Waals surface area contributed by atoms with Crippen LogP contribution < -0.4 is 10.1 Å². The Labute approximate surface area is 161 Å². The standard InChI is InChI=1S/C21H21F2N3O2/c1-4-18-15(13-25-19(27)5-2)12-17(20-24-10-11-26(18)20)14-6-8-16(9-7-14)28-21(3,22)23/h5-12H,2,4,13H2,1,3H3,(H,25,27). The fourth-order valence-corrected chi connectivity index (χ4v) is 3.12. The van der Waals surface area contributed by atoms with Crippen LogP contribution >= 0.6 is 0 Å². The number of rotatable bonds is 7. The Hall–Kier alpha value is -3.22. The van der Waals surface area contributed by atoms with Gasteiger partial charge in [-0.05, 0) is 41.8 Å². The maximum atomic E-state index is 13.0. The molecule has 2 aromatic heterocycles. The van der Waals surface area contributed by atoms with Crippen molar-refractivity contribution in [2.75, 3.05) is 0 Å². The van der Waals surface area contributed by atoms with Crippen molar-refractivity contribution < 1.29 is 18.3 Å². The van der Waals surface area contributed by atoms with Gasteiger partial charge in [-0.2, -0.15) is 8.78 Å². The SMILES string of the molecule is C=CC(=O)NCc1cc(-c2ccc(OC(C)(F)F)cc2)c2nccn2c1CC. The maximum absolute atomic E-state index is 13.0. The summed E-state index contributed by atoms with van der Waals surface area (Å²) in [6, 6.07) is 8.39. The van der Waals surface area contributed by atoms with E-state index in [0.29, 0.717) is 13.5 Å². The van der Waals surface area contributed by atoms with Crippen LogP contribution in [0.3, 0.4) is 0 Å². The van der Waals surface area contributed by atoms with Crippen molar-refractivity contribution in [3.63, 3.8) is 0 Å². The number of nitrogens with zero attached hydrogens (tertiary/aromatic N) is 2. The molecular formula is C21H21F2N3O2. The number of hydrogen-bond donors (Lipinski definition) is 1. The van der Waals surface area contributed by atoms with Crippen molar-refractivity contribution in [3.05, 3.63) is 66.6 Å². The summed E-state index contributed by atoms with van der Waals surface area (Å²) in [6.07, 6.45) is 2.32. The van der Waals surface area contributed by atoms with Gasteiger partial charge in [0, 0.05) is 37.1 Å². The van der Waals surface area contributed by atoms with E-state index in [4.69, 9.17) is 0 Å². The van der Waals surface area contributed by atoms with Gasteiger partial charge in [-0.25, -0.2) is 4.98 Å². The zero-order valence-electron chi connectivity index (χ0n) is 15.7. The average molecular weight is 385 g/mol. The highest BCUT2D eigenvalue weighted by atomic mass is 19.3. The van der Waals surface area contributed by atoms with Crippen LogP contribution in [0.15, 0.2) is 55.4 Å². The lowest BCUT2D eigenvalue weighted by Crippen LogP contribution is -2.21. The minimum Gasteiger partial charge on any atom is -0.433 e. The highest BCUT2D eigenvalue weighted by Crippen LogP contribution is 2.30. The molecule has 0 aliphatic rings. The summed E-state index contributed by atoms with van der Waals surface area (Å²) in [7, 11) is 0. The number of halogens is 2. The molecule has 5 nitrogen and oxygen atoms in total. The summed E-state index contributed by atoms with van der Waals surface area (Å²) in [6.45, 7) is 6.54. The van der Waals surface area contributed by atoms with Crippen molar-refractivity contribution in [2.24, 2.45) is 0 Å². The smallest absolute Gasteiger partial charge is 0.394 e. The molecule has 3 aromatic rings. The fraction of sp³-hybridized carbons (Fsp3) is 0.238. The van der Waals surface area contributed by atoms with Gasteiger partial charge >= 0.3 is 6.11 Å². The highest BCUT2D eigenvalue weighted by Gasteiger charge is 2.23. The van der Waals surface area contributed by atoms with Crippen LogP contribution in [-0.4, -0.2) is 21.4 Å². The molecular weight excluding hydrogens is 364 g/mol. The number of carbonyl (C=O) groups excluding carboxylic acids is 1. The van der Waals surface area contributed by atoms with Crippen molar-refractivity contribution in [1.82, 2.24) is 14.7 Å². The van der Waals surface area contributed by atoms with Gasteiger partial charge in [0.1, 0.15) is 11.4 Å². The minimum absolute atomic E-state index is 0.0826. The number of benzene rings is 1. The third-order valence-electron chi connectivity index (χ3n) is 4.30. The van der Waals surface area contributed by atoms with Crippen LogP contribution in [0.25, 0.3) is 16.8 Å². The molecule has 0 saturated carbocycles. The van der Waals surface area contributed by atoms with Gasteiger partial charge in [0.2, 0.25) is 5.91 Å². The second-order valence-corrected chi connectivity index (χ2v) is 6.36. The molecule has 0 saturated heterocycles. The predicted octanol–water partition coefficient (Wildman–Crippen LogP) is 4.36. The quantitative estimate of drug-likeness (QED) is 0.615. The zero-order chi connectivity index (χ0) is 20.3.